The van der Waals surface area contributed by atoms with Gasteiger partial charge in [-0.3, -0.25) is 9.59 Å². The molecule has 2 atom stereocenters. The second-order valence-corrected chi connectivity index (χ2v) is 4.37. The third-order valence-electron chi connectivity index (χ3n) is 3.30. The Kier molecular flexibility index (Phi) is 3.31. The van der Waals surface area contributed by atoms with E-state index in [4.69, 9.17) is 0 Å². The van der Waals surface area contributed by atoms with Gasteiger partial charge in [-0.2, -0.15) is 0 Å². The molecule has 0 aromatic heterocycles. The summed E-state index contributed by atoms with van der Waals surface area (Å²) in [6.45, 7) is 0.560. The summed E-state index contributed by atoms with van der Waals surface area (Å²) in [5.41, 5.74) is 0. The molecule has 94 valence electrons. The van der Waals surface area contributed by atoms with E-state index in [9.17, 15) is 14.4 Å². The molecule has 17 heavy (non-hydrogen) atoms. The minimum atomic E-state index is -0.481. The van der Waals surface area contributed by atoms with Crippen molar-refractivity contribution >= 4 is 17.8 Å². The van der Waals surface area contributed by atoms with E-state index in [2.05, 4.69) is 10.1 Å². The highest BCUT2D eigenvalue weighted by Crippen LogP contribution is 2.21. The number of nitrogens with one attached hydrogen (secondary N) is 1. The van der Waals surface area contributed by atoms with Crippen LogP contribution in [0, 0.1) is 0 Å². The summed E-state index contributed by atoms with van der Waals surface area (Å²) in [6.07, 6.45) is 2.33. The molecule has 2 amide bonds. The lowest BCUT2D eigenvalue weighted by molar-refractivity contribution is -0.151. The van der Waals surface area contributed by atoms with E-state index in [1.54, 1.807) is 0 Å². The van der Waals surface area contributed by atoms with E-state index < -0.39 is 12.1 Å². The summed E-state index contributed by atoms with van der Waals surface area (Å²) in [5.74, 6) is -0.638. The van der Waals surface area contributed by atoms with Crippen molar-refractivity contribution in [1.82, 2.24) is 10.2 Å². The molecule has 1 N–H and O–H groups in total. The van der Waals surface area contributed by atoms with Gasteiger partial charge < -0.3 is 15.0 Å². The Bertz CT molecular complexity index is 355. The van der Waals surface area contributed by atoms with Gasteiger partial charge in [-0.15, -0.1) is 0 Å². The topological polar surface area (TPSA) is 75.7 Å². The smallest absolute Gasteiger partial charge is 0.328 e. The standard InChI is InChI=1S/C11H16N2O4/c1-17-11(16)8-3-2-6-13(8)10(15)7-4-5-9(14)12-7/h7-8H,2-6H2,1H3,(H,12,14). The number of carbonyl (C=O) groups is 3. The molecule has 2 rings (SSSR count). The maximum atomic E-state index is 12.1. The van der Waals surface area contributed by atoms with Crippen molar-refractivity contribution in [1.29, 1.82) is 0 Å². The van der Waals surface area contributed by atoms with Crippen LogP contribution in [0.5, 0.6) is 0 Å². The average Bonchev–Trinajstić information content (AvgIpc) is 2.95. The highest BCUT2D eigenvalue weighted by Gasteiger charge is 2.39. The summed E-state index contributed by atoms with van der Waals surface area (Å²) in [4.78, 5) is 36.2. The summed E-state index contributed by atoms with van der Waals surface area (Å²) in [7, 11) is 1.32. The zero-order valence-electron chi connectivity index (χ0n) is 9.77. The number of rotatable bonds is 2. The Balaban J connectivity index is 2.03. The van der Waals surface area contributed by atoms with Gasteiger partial charge in [0, 0.05) is 13.0 Å². The lowest BCUT2D eigenvalue weighted by Crippen LogP contribution is -2.49. The first-order chi connectivity index (χ1) is 8.13. The van der Waals surface area contributed by atoms with E-state index in [1.165, 1.54) is 12.0 Å². The maximum absolute atomic E-state index is 12.1. The molecule has 0 bridgehead atoms. The predicted molar refractivity (Wildman–Crippen MR) is 57.9 cm³/mol. The summed E-state index contributed by atoms with van der Waals surface area (Å²) in [6, 6.07) is -0.947. The fourth-order valence-electron chi connectivity index (χ4n) is 2.41. The Morgan fingerprint density at radius 2 is 2.18 bits per heavy atom. The van der Waals surface area contributed by atoms with Crippen molar-refractivity contribution in [3.63, 3.8) is 0 Å². The van der Waals surface area contributed by atoms with Gasteiger partial charge in [0.2, 0.25) is 11.8 Å². The van der Waals surface area contributed by atoms with Crippen molar-refractivity contribution in [3.8, 4) is 0 Å². The second kappa shape index (κ2) is 4.73. The highest BCUT2D eigenvalue weighted by molar-refractivity contribution is 5.93. The molecule has 6 heteroatoms. The van der Waals surface area contributed by atoms with Crippen molar-refractivity contribution in [3.05, 3.63) is 0 Å². The molecule has 2 saturated heterocycles. The molecule has 0 aromatic carbocycles. The number of hydrogen-bond acceptors (Lipinski definition) is 4. The first-order valence-corrected chi connectivity index (χ1v) is 5.81. The van der Waals surface area contributed by atoms with E-state index in [-0.39, 0.29) is 17.8 Å². The summed E-state index contributed by atoms with van der Waals surface area (Å²) in [5, 5.41) is 2.63. The monoisotopic (exact) mass is 240 g/mol. The number of likely N-dealkylation sites (tertiary alicyclic amines) is 1. The van der Waals surface area contributed by atoms with Gasteiger partial charge in [0.15, 0.2) is 0 Å². The highest BCUT2D eigenvalue weighted by atomic mass is 16.5. The number of methoxy groups -OCH3 is 1. The number of ether oxygens (including phenoxy) is 1. The largest absolute Gasteiger partial charge is 0.467 e. The average molecular weight is 240 g/mol. The van der Waals surface area contributed by atoms with Crippen LogP contribution >= 0.6 is 0 Å². The van der Waals surface area contributed by atoms with Gasteiger partial charge in [-0.05, 0) is 19.3 Å². The number of amides is 2. The molecule has 0 aliphatic carbocycles. The lowest BCUT2D eigenvalue weighted by Gasteiger charge is -2.25. The van der Waals surface area contributed by atoms with Gasteiger partial charge >= 0.3 is 5.97 Å². The second-order valence-electron chi connectivity index (χ2n) is 4.37. The van der Waals surface area contributed by atoms with Gasteiger partial charge in [-0.1, -0.05) is 0 Å². The molecule has 2 fully saturated rings. The number of nitrogens with zero attached hydrogens (tertiary/aromatic N) is 1. The van der Waals surface area contributed by atoms with Crippen molar-refractivity contribution in [2.24, 2.45) is 0 Å². The van der Waals surface area contributed by atoms with Gasteiger partial charge in [-0.25, -0.2) is 4.79 Å². The van der Waals surface area contributed by atoms with Crippen LogP contribution in [0.3, 0.4) is 0 Å². The Hall–Kier alpha value is -1.59. The third-order valence-corrected chi connectivity index (χ3v) is 3.30. The number of esters is 1. The fraction of sp³-hybridized carbons (Fsp3) is 0.727. The van der Waals surface area contributed by atoms with E-state index in [0.29, 0.717) is 25.8 Å². The molecule has 2 heterocycles. The van der Waals surface area contributed by atoms with Crippen LogP contribution in [0.2, 0.25) is 0 Å². The molecular formula is C11H16N2O4. The van der Waals surface area contributed by atoms with Crippen LogP contribution in [0.15, 0.2) is 0 Å². The van der Waals surface area contributed by atoms with Gasteiger partial charge in [0.1, 0.15) is 12.1 Å². The third kappa shape index (κ3) is 2.25. The zero-order chi connectivity index (χ0) is 12.4. The lowest BCUT2D eigenvalue weighted by atomic mass is 10.1. The minimum Gasteiger partial charge on any atom is -0.467 e. The molecule has 0 spiro atoms. The van der Waals surface area contributed by atoms with Crippen molar-refractivity contribution in [2.45, 2.75) is 37.8 Å². The van der Waals surface area contributed by atoms with E-state index >= 15 is 0 Å². The van der Waals surface area contributed by atoms with Gasteiger partial charge in [0.25, 0.3) is 0 Å². The Morgan fingerprint density at radius 1 is 1.41 bits per heavy atom. The predicted octanol–water partition coefficient (Wildman–Crippen LogP) is -0.571. The quantitative estimate of drug-likeness (QED) is 0.656. The first-order valence-electron chi connectivity index (χ1n) is 5.81. The van der Waals surface area contributed by atoms with E-state index in [1.807, 2.05) is 0 Å². The molecule has 2 aliphatic rings. The van der Waals surface area contributed by atoms with Crippen LogP contribution < -0.4 is 5.32 Å². The number of hydrogen-bond donors (Lipinski definition) is 1. The molecule has 2 aliphatic heterocycles. The molecule has 0 aromatic rings. The van der Waals surface area contributed by atoms with Crippen molar-refractivity contribution in [2.75, 3.05) is 13.7 Å². The summed E-state index contributed by atoms with van der Waals surface area (Å²) < 4.78 is 4.68. The zero-order valence-corrected chi connectivity index (χ0v) is 9.77. The molecule has 2 unspecified atom stereocenters. The molecule has 6 nitrogen and oxygen atoms in total. The van der Waals surface area contributed by atoms with Crippen LogP contribution in [0.25, 0.3) is 0 Å². The molecule has 0 saturated carbocycles. The van der Waals surface area contributed by atoms with Crippen LogP contribution in [0.4, 0.5) is 0 Å². The fourth-order valence-corrected chi connectivity index (χ4v) is 2.41. The van der Waals surface area contributed by atoms with Crippen LogP contribution in [-0.4, -0.2) is 48.4 Å². The Labute approximate surface area is 99.3 Å². The SMILES string of the molecule is COC(=O)C1CCCN1C(=O)C1CCC(=O)N1. The van der Waals surface area contributed by atoms with Gasteiger partial charge in [0.05, 0.1) is 7.11 Å². The van der Waals surface area contributed by atoms with Crippen LogP contribution in [-0.2, 0) is 19.1 Å². The van der Waals surface area contributed by atoms with Crippen molar-refractivity contribution < 1.29 is 19.1 Å². The summed E-state index contributed by atoms with van der Waals surface area (Å²) >= 11 is 0. The molecular weight excluding hydrogens is 224 g/mol. The minimum absolute atomic E-state index is 0.0998. The Morgan fingerprint density at radius 3 is 2.76 bits per heavy atom. The number of carbonyl (C=O) groups excluding carboxylic acids is 3. The van der Waals surface area contributed by atoms with Crippen LogP contribution in [0.1, 0.15) is 25.7 Å². The molecule has 0 radical (unpaired) electrons. The normalized spacial score (nSPS) is 28.1. The van der Waals surface area contributed by atoms with E-state index in [0.717, 1.165) is 6.42 Å². The maximum Gasteiger partial charge on any atom is 0.328 e. The first kappa shape index (κ1) is 11.9.